The molecule has 0 aromatic carbocycles. The minimum absolute atomic E-state index is 0.0861. The molecule has 0 aliphatic heterocycles. The van der Waals surface area contributed by atoms with Crippen molar-refractivity contribution in [3.63, 3.8) is 0 Å². The maximum atomic E-state index is 12.9. The Morgan fingerprint density at radius 2 is 1.00 bits per heavy atom. The number of aliphatic hydroxyl groups is 1. The normalized spacial score (nSPS) is 17.0. The summed E-state index contributed by atoms with van der Waals surface area (Å²) in [5.74, 6) is -0.525. The molecule has 6 nitrogen and oxygen atoms in total. The molecule has 0 bridgehead atoms. The number of carbonyl (C=O) groups is 4. The van der Waals surface area contributed by atoms with Crippen LogP contribution in [0.15, 0.2) is 46.6 Å². The first kappa shape index (κ1) is 30.8. The van der Waals surface area contributed by atoms with Crippen molar-refractivity contribution >= 4 is 23.1 Å². The zero-order valence-corrected chi connectivity index (χ0v) is 23.3. The number of aliphatic hydroxyl groups excluding tert-OH is 1. The fraction of sp³-hybridized carbons (Fsp3) is 0.613. The van der Waals surface area contributed by atoms with E-state index in [2.05, 4.69) is 0 Å². The molecular formula is C31H44O6. The predicted molar refractivity (Wildman–Crippen MR) is 145 cm³/mol. The topological polar surface area (TPSA) is 97.7 Å². The van der Waals surface area contributed by atoms with E-state index < -0.39 is 0 Å². The summed E-state index contributed by atoms with van der Waals surface area (Å²) in [5.41, 5.74) is 1.70. The van der Waals surface area contributed by atoms with Gasteiger partial charge in [-0.2, -0.15) is 0 Å². The largest absolute Gasteiger partial charge is 0.396 e. The van der Waals surface area contributed by atoms with Crippen molar-refractivity contribution in [2.24, 2.45) is 5.41 Å². The van der Waals surface area contributed by atoms with Crippen molar-refractivity contribution in [3.05, 3.63) is 46.6 Å². The molecule has 0 unspecified atom stereocenters. The molecule has 204 valence electrons. The maximum Gasteiger partial charge on any atom is 0.185 e. The second kappa shape index (κ2) is 13.9. The molecule has 0 aromatic heterocycles. The SMILES string of the molecule is COC(C)(C)CCCCC1=CC(=O)C=C(CCCC2=CC(=O)C=C(CCCCC(C)(C)CO)C2=O)C1=O. The number of hydrogen-bond acceptors (Lipinski definition) is 6. The number of Topliss-reactive ketones (excluding diaryl/α,β-unsaturated/α-hetero) is 2. The van der Waals surface area contributed by atoms with Crippen molar-refractivity contribution in [2.75, 3.05) is 13.7 Å². The molecule has 0 spiro atoms. The van der Waals surface area contributed by atoms with Crippen LogP contribution in [0.25, 0.3) is 0 Å². The van der Waals surface area contributed by atoms with Gasteiger partial charge in [-0.15, -0.1) is 0 Å². The molecule has 0 heterocycles. The number of carbonyl (C=O) groups excluding carboxylic acids is 4. The molecule has 6 heteroatoms. The number of methoxy groups -OCH3 is 1. The van der Waals surface area contributed by atoms with Gasteiger partial charge < -0.3 is 9.84 Å². The van der Waals surface area contributed by atoms with E-state index in [9.17, 15) is 24.3 Å². The number of allylic oxidation sites excluding steroid dienone is 8. The fourth-order valence-electron chi connectivity index (χ4n) is 4.62. The van der Waals surface area contributed by atoms with Gasteiger partial charge in [0.15, 0.2) is 23.1 Å². The van der Waals surface area contributed by atoms with Gasteiger partial charge in [-0.05, 0) is 101 Å². The van der Waals surface area contributed by atoms with Crippen LogP contribution in [0.3, 0.4) is 0 Å². The first-order chi connectivity index (χ1) is 17.4. The molecular weight excluding hydrogens is 468 g/mol. The van der Waals surface area contributed by atoms with E-state index in [1.54, 1.807) is 7.11 Å². The molecule has 1 N–H and O–H groups in total. The molecule has 2 aliphatic rings. The highest BCUT2D eigenvalue weighted by Crippen LogP contribution is 2.28. The second-order valence-electron chi connectivity index (χ2n) is 11.7. The molecule has 2 aliphatic carbocycles. The third-order valence-electron chi connectivity index (χ3n) is 7.33. The van der Waals surface area contributed by atoms with Crippen molar-refractivity contribution in [1.82, 2.24) is 0 Å². The summed E-state index contributed by atoms with van der Waals surface area (Å²) >= 11 is 0. The summed E-state index contributed by atoms with van der Waals surface area (Å²) in [6.45, 7) is 8.19. The molecule has 0 saturated carbocycles. The van der Waals surface area contributed by atoms with Gasteiger partial charge in [-0.1, -0.05) is 26.7 Å². The highest BCUT2D eigenvalue weighted by atomic mass is 16.5. The molecule has 37 heavy (non-hydrogen) atoms. The van der Waals surface area contributed by atoms with Gasteiger partial charge in [-0.3, -0.25) is 19.2 Å². The minimum Gasteiger partial charge on any atom is -0.396 e. The Labute approximate surface area is 221 Å². The molecule has 0 fully saturated rings. The van der Waals surface area contributed by atoms with Crippen LogP contribution in [0.2, 0.25) is 0 Å². The highest BCUT2D eigenvalue weighted by Gasteiger charge is 2.24. The van der Waals surface area contributed by atoms with Crippen molar-refractivity contribution < 1.29 is 29.0 Å². The van der Waals surface area contributed by atoms with Crippen LogP contribution in [0, 0.1) is 5.41 Å². The van der Waals surface area contributed by atoms with Gasteiger partial charge in [0.2, 0.25) is 0 Å². The second-order valence-corrected chi connectivity index (χ2v) is 11.7. The number of unbranched alkanes of at least 4 members (excludes halogenated alkanes) is 2. The van der Waals surface area contributed by atoms with Gasteiger partial charge in [0.05, 0.1) is 5.60 Å². The van der Waals surface area contributed by atoms with Crippen LogP contribution in [0.5, 0.6) is 0 Å². The van der Waals surface area contributed by atoms with Crippen LogP contribution in [0.4, 0.5) is 0 Å². The minimum atomic E-state index is -0.204. The summed E-state index contributed by atoms with van der Waals surface area (Å²) in [7, 11) is 1.69. The summed E-state index contributed by atoms with van der Waals surface area (Å²) in [5, 5.41) is 9.39. The average Bonchev–Trinajstić information content (AvgIpc) is 2.84. The third kappa shape index (κ3) is 10.1. The van der Waals surface area contributed by atoms with E-state index in [1.807, 2.05) is 27.7 Å². The third-order valence-corrected chi connectivity index (χ3v) is 7.33. The van der Waals surface area contributed by atoms with Crippen LogP contribution >= 0.6 is 0 Å². The molecule has 2 rings (SSSR count). The van der Waals surface area contributed by atoms with E-state index in [4.69, 9.17) is 4.74 Å². The first-order valence-electron chi connectivity index (χ1n) is 13.5. The lowest BCUT2D eigenvalue weighted by molar-refractivity contribution is -0.115. The lowest BCUT2D eigenvalue weighted by Crippen LogP contribution is -2.22. The van der Waals surface area contributed by atoms with Gasteiger partial charge >= 0.3 is 0 Å². The Hall–Kier alpha value is -2.44. The standard InChI is InChI=1S/C31H44O6/c1-30(2,21-32)15-8-6-11-22-17-26(33)19-24(28(22)35)13-10-14-25-20-27(34)18-23(29(25)36)12-7-9-16-31(3,4)37-5/h17-20,32H,6-16,21H2,1-5H3. The Morgan fingerprint density at radius 1 is 0.622 bits per heavy atom. The van der Waals surface area contributed by atoms with Gasteiger partial charge in [-0.25, -0.2) is 0 Å². The predicted octanol–water partition coefficient (Wildman–Crippen LogP) is 5.73. The Balaban J connectivity index is 1.83. The monoisotopic (exact) mass is 512 g/mol. The maximum absolute atomic E-state index is 12.9. The van der Waals surface area contributed by atoms with E-state index in [-0.39, 0.29) is 40.8 Å². The summed E-state index contributed by atoms with van der Waals surface area (Å²) in [6, 6.07) is 0. The van der Waals surface area contributed by atoms with E-state index in [1.165, 1.54) is 24.3 Å². The van der Waals surface area contributed by atoms with Crippen molar-refractivity contribution in [2.45, 2.75) is 104 Å². The summed E-state index contributed by atoms with van der Waals surface area (Å²) in [6.07, 6.45) is 13.2. The Kier molecular flexibility index (Phi) is 11.6. The van der Waals surface area contributed by atoms with Crippen molar-refractivity contribution in [1.29, 1.82) is 0 Å². The molecule has 0 saturated heterocycles. The summed E-state index contributed by atoms with van der Waals surface area (Å²) in [4.78, 5) is 50.3. The van der Waals surface area contributed by atoms with Crippen LogP contribution in [0.1, 0.15) is 98.3 Å². The zero-order chi connectivity index (χ0) is 27.6. The number of hydrogen-bond donors (Lipinski definition) is 1. The number of ether oxygens (including phenoxy) is 1. The van der Waals surface area contributed by atoms with Crippen LogP contribution in [-0.4, -0.2) is 47.6 Å². The van der Waals surface area contributed by atoms with Gasteiger partial charge in [0, 0.05) is 36.0 Å². The molecule has 0 aromatic rings. The molecule has 0 radical (unpaired) electrons. The van der Waals surface area contributed by atoms with Gasteiger partial charge in [0.1, 0.15) is 0 Å². The smallest absolute Gasteiger partial charge is 0.185 e. The highest BCUT2D eigenvalue weighted by molar-refractivity contribution is 6.21. The fourth-order valence-corrected chi connectivity index (χ4v) is 4.62. The van der Waals surface area contributed by atoms with E-state index in [0.29, 0.717) is 54.4 Å². The molecule has 0 amide bonds. The van der Waals surface area contributed by atoms with Crippen LogP contribution in [-0.2, 0) is 23.9 Å². The summed E-state index contributed by atoms with van der Waals surface area (Å²) < 4.78 is 5.43. The molecule has 0 atom stereocenters. The van der Waals surface area contributed by atoms with E-state index in [0.717, 1.165) is 38.5 Å². The van der Waals surface area contributed by atoms with Crippen molar-refractivity contribution in [3.8, 4) is 0 Å². The Morgan fingerprint density at radius 3 is 1.38 bits per heavy atom. The number of rotatable bonds is 16. The quantitative estimate of drug-likeness (QED) is 0.209. The van der Waals surface area contributed by atoms with Gasteiger partial charge in [0.25, 0.3) is 0 Å². The number of ketones is 4. The Bertz CT molecular complexity index is 923. The van der Waals surface area contributed by atoms with Crippen LogP contribution < -0.4 is 0 Å². The zero-order valence-electron chi connectivity index (χ0n) is 23.3. The first-order valence-corrected chi connectivity index (χ1v) is 13.5. The average molecular weight is 513 g/mol. The van der Waals surface area contributed by atoms with E-state index >= 15 is 0 Å². The lowest BCUT2D eigenvalue weighted by atomic mass is 9.85. The lowest BCUT2D eigenvalue weighted by Gasteiger charge is -2.22.